The summed E-state index contributed by atoms with van der Waals surface area (Å²) in [5, 5.41) is 0. The van der Waals surface area contributed by atoms with Gasteiger partial charge in [0.1, 0.15) is 19.5 Å². The Hall–Kier alpha value is -3.14. The molecule has 24 heavy (non-hydrogen) atoms. The molecule has 1 aromatic heterocycles. The lowest BCUT2D eigenvalue weighted by molar-refractivity contribution is 0.112. The number of nitrogens with zero attached hydrogens (tertiary/aromatic N) is 1. The summed E-state index contributed by atoms with van der Waals surface area (Å²) in [5.41, 5.74) is 2.41. The van der Waals surface area contributed by atoms with Crippen LogP contribution in [0.4, 0.5) is 0 Å². The van der Waals surface area contributed by atoms with Crippen LogP contribution in [0.5, 0.6) is 11.5 Å². The molecule has 0 spiro atoms. The molecule has 0 saturated carbocycles. The van der Waals surface area contributed by atoms with Gasteiger partial charge < -0.3 is 9.47 Å². The monoisotopic (exact) mass is 319 g/mol. The maximum Gasteiger partial charge on any atom is 0.162 e. The standard InChI is InChI=1S/C20H17NO3/c22-13-17-9-10-19(23-14-16-6-2-1-3-7-16)20(12-17)24-15-18-8-4-5-11-21-18/h1-13H,14-15H2. The van der Waals surface area contributed by atoms with E-state index < -0.39 is 0 Å². The zero-order chi connectivity index (χ0) is 16.6. The highest BCUT2D eigenvalue weighted by Crippen LogP contribution is 2.29. The fourth-order valence-electron chi connectivity index (χ4n) is 2.20. The summed E-state index contributed by atoms with van der Waals surface area (Å²) in [6, 6.07) is 20.7. The second-order valence-corrected chi connectivity index (χ2v) is 5.21. The predicted octanol–water partition coefficient (Wildman–Crippen LogP) is 4.05. The molecule has 0 amide bonds. The summed E-state index contributed by atoms with van der Waals surface area (Å²) >= 11 is 0. The van der Waals surface area contributed by atoms with E-state index in [2.05, 4.69) is 4.98 Å². The average molecular weight is 319 g/mol. The van der Waals surface area contributed by atoms with Crippen LogP contribution in [0.1, 0.15) is 21.6 Å². The zero-order valence-electron chi connectivity index (χ0n) is 13.1. The van der Waals surface area contributed by atoms with Crippen molar-refractivity contribution in [2.45, 2.75) is 13.2 Å². The van der Waals surface area contributed by atoms with Gasteiger partial charge >= 0.3 is 0 Å². The highest BCUT2D eigenvalue weighted by molar-refractivity contribution is 5.76. The van der Waals surface area contributed by atoms with Crippen molar-refractivity contribution in [2.75, 3.05) is 0 Å². The van der Waals surface area contributed by atoms with Crippen LogP contribution in [0.2, 0.25) is 0 Å². The number of aldehydes is 1. The molecule has 3 rings (SSSR count). The zero-order valence-corrected chi connectivity index (χ0v) is 13.1. The smallest absolute Gasteiger partial charge is 0.162 e. The molecule has 0 aliphatic heterocycles. The second kappa shape index (κ2) is 7.92. The Balaban J connectivity index is 1.74. The first kappa shape index (κ1) is 15.7. The van der Waals surface area contributed by atoms with E-state index in [0.29, 0.717) is 30.3 Å². The van der Waals surface area contributed by atoms with Gasteiger partial charge in [0.05, 0.1) is 5.69 Å². The van der Waals surface area contributed by atoms with Gasteiger partial charge in [0.15, 0.2) is 11.5 Å². The van der Waals surface area contributed by atoms with E-state index in [0.717, 1.165) is 17.5 Å². The van der Waals surface area contributed by atoms with E-state index in [1.54, 1.807) is 24.4 Å². The maximum absolute atomic E-state index is 11.0. The quantitative estimate of drug-likeness (QED) is 0.616. The van der Waals surface area contributed by atoms with Crippen molar-refractivity contribution in [2.24, 2.45) is 0 Å². The minimum Gasteiger partial charge on any atom is -0.485 e. The van der Waals surface area contributed by atoms with Crippen molar-refractivity contribution < 1.29 is 14.3 Å². The molecule has 4 nitrogen and oxygen atoms in total. The van der Waals surface area contributed by atoms with Crippen LogP contribution >= 0.6 is 0 Å². The van der Waals surface area contributed by atoms with Gasteiger partial charge in [0.25, 0.3) is 0 Å². The molecule has 0 aliphatic rings. The van der Waals surface area contributed by atoms with Crippen LogP contribution in [0.3, 0.4) is 0 Å². The third kappa shape index (κ3) is 4.20. The summed E-state index contributed by atoms with van der Waals surface area (Å²) in [6.07, 6.45) is 2.50. The molecule has 0 saturated heterocycles. The fraction of sp³-hybridized carbons (Fsp3) is 0.100. The molecule has 0 atom stereocenters. The van der Waals surface area contributed by atoms with Crippen molar-refractivity contribution >= 4 is 6.29 Å². The van der Waals surface area contributed by atoms with Gasteiger partial charge in [-0.1, -0.05) is 36.4 Å². The number of hydrogen-bond donors (Lipinski definition) is 0. The average Bonchev–Trinajstić information content (AvgIpc) is 2.66. The van der Waals surface area contributed by atoms with Gasteiger partial charge in [-0.05, 0) is 35.9 Å². The van der Waals surface area contributed by atoms with Crippen LogP contribution in [0, 0.1) is 0 Å². The minimum atomic E-state index is 0.310. The molecule has 2 aromatic carbocycles. The topological polar surface area (TPSA) is 48.4 Å². The molecule has 3 aromatic rings. The normalized spacial score (nSPS) is 10.2. The van der Waals surface area contributed by atoms with Crippen molar-refractivity contribution in [3.63, 3.8) is 0 Å². The van der Waals surface area contributed by atoms with E-state index in [-0.39, 0.29) is 0 Å². The van der Waals surface area contributed by atoms with Crippen LogP contribution < -0.4 is 9.47 Å². The first-order valence-electron chi connectivity index (χ1n) is 7.64. The predicted molar refractivity (Wildman–Crippen MR) is 91.2 cm³/mol. The summed E-state index contributed by atoms with van der Waals surface area (Å²) in [5.74, 6) is 1.13. The largest absolute Gasteiger partial charge is 0.485 e. The van der Waals surface area contributed by atoms with E-state index in [9.17, 15) is 4.79 Å². The SMILES string of the molecule is O=Cc1ccc(OCc2ccccc2)c(OCc2ccccn2)c1. The molecule has 4 heteroatoms. The summed E-state index contributed by atoms with van der Waals surface area (Å²) in [7, 11) is 0. The van der Waals surface area contributed by atoms with Crippen molar-refractivity contribution in [3.8, 4) is 11.5 Å². The molecule has 0 N–H and O–H groups in total. The Morgan fingerprint density at radius 1 is 0.833 bits per heavy atom. The third-order valence-corrected chi connectivity index (χ3v) is 3.44. The number of carbonyl (C=O) groups excluding carboxylic acids is 1. The molecule has 120 valence electrons. The molecular weight excluding hydrogens is 302 g/mol. The van der Waals surface area contributed by atoms with Gasteiger partial charge in [0, 0.05) is 11.8 Å². The van der Waals surface area contributed by atoms with Crippen LogP contribution in [0.25, 0.3) is 0 Å². The van der Waals surface area contributed by atoms with Crippen molar-refractivity contribution in [3.05, 3.63) is 89.7 Å². The Kier molecular flexibility index (Phi) is 5.20. The first-order valence-corrected chi connectivity index (χ1v) is 7.64. The molecule has 0 unspecified atom stereocenters. The number of rotatable bonds is 7. The Morgan fingerprint density at radius 2 is 1.62 bits per heavy atom. The highest BCUT2D eigenvalue weighted by atomic mass is 16.5. The van der Waals surface area contributed by atoms with Crippen molar-refractivity contribution in [1.29, 1.82) is 0 Å². The van der Waals surface area contributed by atoms with E-state index in [1.165, 1.54) is 0 Å². The first-order chi connectivity index (χ1) is 11.8. The number of carbonyl (C=O) groups is 1. The lowest BCUT2D eigenvalue weighted by Gasteiger charge is -2.13. The van der Waals surface area contributed by atoms with Crippen LogP contribution in [-0.2, 0) is 13.2 Å². The highest BCUT2D eigenvalue weighted by Gasteiger charge is 2.08. The van der Waals surface area contributed by atoms with Gasteiger partial charge in [-0.2, -0.15) is 0 Å². The lowest BCUT2D eigenvalue weighted by atomic mass is 10.2. The molecule has 0 radical (unpaired) electrons. The number of ether oxygens (including phenoxy) is 2. The Labute approximate surface area is 140 Å². The van der Waals surface area contributed by atoms with Gasteiger partial charge in [-0.25, -0.2) is 0 Å². The summed E-state index contributed by atoms with van der Waals surface area (Å²) in [4.78, 5) is 15.2. The van der Waals surface area contributed by atoms with Crippen LogP contribution in [0.15, 0.2) is 72.9 Å². The van der Waals surface area contributed by atoms with Crippen LogP contribution in [-0.4, -0.2) is 11.3 Å². The van der Waals surface area contributed by atoms with E-state index >= 15 is 0 Å². The summed E-state index contributed by atoms with van der Waals surface area (Å²) < 4.78 is 11.7. The number of benzene rings is 2. The fourth-order valence-corrected chi connectivity index (χ4v) is 2.20. The molecule has 0 bridgehead atoms. The molecule has 1 heterocycles. The van der Waals surface area contributed by atoms with E-state index in [4.69, 9.17) is 9.47 Å². The van der Waals surface area contributed by atoms with Crippen molar-refractivity contribution in [1.82, 2.24) is 4.98 Å². The summed E-state index contributed by atoms with van der Waals surface area (Å²) in [6.45, 7) is 0.742. The molecular formula is C20H17NO3. The number of hydrogen-bond acceptors (Lipinski definition) is 4. The second-order valence-electron chi connectivity index (χ2n) is 5.21. The molecule has 0 fully saturated rings. The van der Waals surface area contributed by atoms with Gasteiger partial charge in [-0.15, -0.1) is 0 Å². The Morgan fingerprint density at radius 3 is 2.38 bits per heavy atom. The number of aromatic nitrogens is 1. The number of pyridine rings is 1. The lowest BCUT2D eigenvalue weighted by Crippen LogP contribution is -2.02. The maximum atomic E-state index is 11.0. The minimum absolute atomic E-state index is 0.310. The third-order valence-electron chi connectivity index (χ3n) is 3.44. The molecule has 0 aliphatic carbocycles. The van der Waals surface area contributed by atoms with Gasteiger partial charge in [-0.3, -0.25) is 9.78 Å². The Bertz CT molecular complexity index is 788. The van der Waals surface area contributed by atoms with Gasteiger partial charge in [0.2, 0.25) is 0 Å². The van der Waals surface area contributed by atoms with E-state index in [1.807, 2.05) is 48.5 Å².